The Hall–Kier alpha value is -2.72. The number of sulfonamides is 1. The average molecular weight is 436 g/mol. The molecule has 0 saturated heterocycles. The summed E-state index contributed by atoms with van der Waals surface area (Å²) in [5.41, 5.74) is 0.987. The molecule has 0 atom stereocenters. The summed E-state index contributed by atoms with van der Waals surface area (Å²) in [6.45, 7) is -0.250. The largest absolute Gasteiger partial charge is 0.481 e. The molecule has 3 aromatic rings. The number of nitrogens with one attached hydrogen (secondary N) is 1. The zero-order valence-electron chi connectivity index (χ0n) is 15.6. The van der Waals surface area contributed by atoms with E-state index in [4.69, 9.17) is 21.2 Å². The molecule has 1 N–H and O–H groups in total. The van der Waals surface area contributed by atoms with E-state index in [1.54, 1.807) is 24.4 Å². The highest BCUT2D eigenvalue weighted by molar-refractivity contribution is 7.89. The van der Waals surface area contributed by atoms with Gasteiger partial charge in [-0.1, -0.05) is 16.1 Å². The monoisotopic (exact) mass is 435 g/mol. The third-order valence-electron chi connectivity index (χ3n) is 4.07. The van der Waals surface area contributed by atoms with Crippen molar-refractivity contribution in [2.24, 2.45) is 0 Å². The molecule has 1 amide bonds. The quantitative estimate of drug-likeness (QED) is 0.573. The first-order chi connectivity index (χ1) is 13.8. The number of benzene rings is 2. The lowest BCUT2D eigenvalue weighted by molar-refractivity contribution is -0.118. The highest BCUT2D eigenvalue weighted by Gasteiger charge is 2.20. The van der Waals surface area contributed by atoms with E-state index in [0.29, 0.717) is 22.0 Å². The van der Waals surface area contributed by atoms with Gasteiger partial charge in [0.15, 0.2) is 6.61 Å². The van der Waals surface area contributed by atoms with Crippen molar-refractivity contribution >= 4 is 44.1 Å². The van der Waals surface area contributed by atoms with Crippen LogP contribution in [-0.4, -0.2) is 44.5 Å². The van der Waals surface area contributed by atoms with E-state index in [-0.39, 0.29) is 11.5 Å². The molecule has 0 bridgehead atoms. The zero-order valence-corrected chi connectivity index (χ0v) is 17.2. The second kappa shape index (κ2) is 8.75. The molecular weight excluding hydrogens is 418 g/mol. The van der Waals surface area contributed by atoms with E-state index in [9.17, 15) is 13.2 Å². The molecule has 1 heterocycles. The summed E-state index contributed by atoms with van der Waals surface area (Å²) in [6.07, 6.45) is 1.61. The van der Waals surface area contributed by atoms with Gasteiger partial charge >= 0.3 is 0 Å². The Balaban J connectivity index is 1.66. The summed E-state index contributed by atoms with van der Waals surface area (Å²) < 4.78 is 30.7. The molecule has 3 rings (SSSR count). The minimum atomic E-state index is -3.75. The van der Waals surface area contributed by atoms with Gasteiger partial charge in [0, 0.05) is 24.3 Å². The van der Waals surface area contributed by atoms with Crippen molar-refractivity contribution in [2.75, 3.05) is 26.1 Å². The smallest absolute Gasteiger partial charge is 0.264 e. The number of anilines is 1. The number of nitrogens with zero attached hydrogens (tertiary/aromatic N) is 2. The lowest BCUT2D eigenvalue weighted by atomic mass is 10.2. The van der Waals surface area contributed by atoms with Crippen LogP contribution in [0.3, 0.4) is 0 Å². The number of hydrogen-bond acceptors (Lipinski definition) is 6. The molecule has 1 aromatic heterocycles. The molecule has 29 heavy (non-hydrogen) atoms. The zero-order chi connectivity index (χ0) is 21.0. The first-order valence-electron chi connectivity index (χ1n) is 8.42. The van der Waals surface area contributed by atoms with E-state index in [1.807, 2.05) is 6.07 Å². The standard InChI is InChI=1S/C19H18ClN3O5S/c1-23(27-2)29(25,26)14-7-5-13(6-8-14)22-18(24)12-28-17-10-9-16(20)15-4-3-11-21-19(15)17/h3-11H,12H2,1-2H3,(H,22,24). The van der Waals surface area contributed by atoms with Gasteiger partial charge in [0.2, 0.25) is 0 Å². The fourth-order valence-electron chi connectivity index (χ4n) is 2.53. The summed E-state index contributed by atoms with van der Waals surface area (Å²) in [7, 11) is -1.20. The second-order valence-corrected chi connectivity index (χ2v) is 8.25. The summed E-state index contributed by atoms with van der Waals surface area (Å²) >= 11 is 6.14. The number of carbonyl (C=O) groups excluding carboxylic acids is 1. The lowest BCUT2D eigenvalue weighted by Crippen LogP contribution is -2.25. The van der Waals surface area contributed by atoms with Crippen LogP contribution < -0.4 is 10.1 Å². The van der Waals surface area contributed by atoms with Crippen LogP contribution >= 0.6 is 11.6 Å². The van der Waals surface area contributed by atoms with Crippen LogP contribution in [0.15, 0.2) is 59.6 Å². The number of halogens is 1. The summed E-state index contributed by atoms with van der Waals surface area (Å²) in [5.74, 6) is 0.0258. The number of pyridine rings is 1. The minimum absolute atomic E-state index is 0.0369. The molecule has 0 aliphatic carbocycles. The van der Waals surface area contributed by atoms with Crippen LogP contribution in [0.2, 0.25) is 5.02 Å². The van der Waals surface area contributed by atoms with Crippen LogP contribution in [0, 0.1) is 0 Å². The van der Waals surface area contributed by atoms with Crippen LogP contribution in [0.4, 0.5) is 5.69 Å². The molecule has 10 heteroatoms. The van der Waals surface area contributed by atoms with E-state index in [1.165, 1.54) is 38.4 Å². The fourth-order valence-corrected chi connectivity index (χ4v) is 3.71. The summed E-state index contributed by atoms with van der Waals surface area (Å²) in [6, 6.07) is 12.6. The third-order valence-corrected chi connectivity index (χ3v) is 6.09. The normalized spacial score (nSPS) is 11.6. The van der Waals surface area contributed by atoms with Crippen molar-refractivity contribution in [3.63, 3.8) is 0 Å². The maximum Gasteiger partial charge on any atom is 0.264 e. The Morgan fingerprint density at radius 3 is 2.59 bits per heavy atom. The number of carbonyl (C=O) groups is 1. The Labute approximate surface area is 173 Å². The molecule has 0 aliphatic rings. The molecule has 0 fully saturated rings. The number of aromatic nitrogens is 1. The molecule has 8 nitrogen and oxygen atoms in total. The number of amides is 1. The van der Waals surface area contributed by atoms with Crippen LogP contribution in [0.5, 0.6) is 5.75 Å². The predicted molar refractivity (Wildman–Crippen MR) is 109 cm³/mol. The van der Waals surface area contributed by atoms with E-state index in [2.05, 4.69) is 10.3 Å². The van der Waals surface area contributed by atoms with Gasteiger partial charge in [-0.3, -0.25) is 14.6 Å². The molecular formula is C19H18ClN3O5S. The van der Waals surface area contributed by atoms with Gasteiger partial charge in [-0.25, -0.2) is 8.42 Å². The molecule has 0 unspecified atom stereocenters. The topological polar surface area (TPSA) is 97.8 Å². The number of hydrogen-bond donors (Lipinski definition) is 1. The summed E-state index contributed by atoms with van der Waals surface area (Å²) in [5, 5.41) is 3.91. The van der Waals surface area contributed by atoms with Gasteiger partial charge in [0.25, 0.3) is 15.9 Å². The summed E-state index contributed by atoms with van der Waals surface area (Å²) in [4.78, 5) is 21.2. The highest BCUT2D eigenvalue weighted by Crippen LogP contribution is 2.29. The molecule has 0 saturated carbocycles. The van der Waals surface area contributed by atoms with Gasteiger partial charge < -0.3 is 10.1 Å². The van der Waals surface area contributed by atoms with Crippen LogP contribution in [-0.2, 0) is 19.7 Å². The van der Waals surface area contributed by atoms with Crippen molar-refractivity contribution < 1.29 is 22.8 Å². The highest BCUT2D eigenvalue weighted by atomic mass is 35.5. The number of hydroxylamine groups is 1. The van der Waals surface area contributed by atoms with Crippen LogP contribution in [0.25, 0.3) is 10.9 Å². The predicted octanol–water partition coefficient (Wildman–Crippen LogP) is 3.09. The van der Waals surface area contributed by atoms with Crippen molar-refractivity contribution in [1.82, 2.24) is 9.45 Å². The van der Waals surface area contributed by atoms with E-state index < -0.39 is 15.9 Å². The molecule has 0 spiro atoms. The minimum Gasteiger partial charge on any atom is -0.481 e. The van der Waals surface area contributed by atoms with Gasteiger partial charge in [-0.05, 0) is 48.5 Å². The van der Waals surface area contributed by atoms with Crippen molar-refractivity contribution in [3.8, 4) is 5.75 Å². The Morgan fingerprint density at radius 1 is 1.17 bits per heavy atom. The first kappa shape index (κ1) is 21.0. The second-order valence-electron chi connectivity index (χ2n) is 5.90. The van der Waals surface area contributed by atoms with E-state index >= 15 is 0 Å². The molecule has 2 aromatic carbocycles. The van der Waals surface area contributed by atoms with Crippen molar-refractivity contribution in [2.45, 2.75) is 4.90 Å². The number of ether oxygens (including phenoxy) is 1. The Bertz CT molecular complexity index is 1140. The number of fused-ring (bicyclic) bond motifs is 1. The van der Waals surface area contributed by atoms with E-state index in [0.717, 1.165) is 9.85 Å². The van der Waals surface area contributed by atoms with Crippen LogP contribution in [0.1, 0.15) is 0 Å². The molecule has 152 valence electrons. The van der Waals surface area contributed by atoms with Gasteiger partial charge in [-0.2, -0.15) is 0 Å². The number of rotatable bonds is 7. The van der Waals surface area contributed by atoms with Crippen molar-refractivity contribution in [1.29, 1.82) is 0 Å². The molecule has 0 radical (unpaired) electrons. The average Bonchev–Trinajstić information content (AvgIpc) is 2.73. The van der Waals surface area contributed by atoms with Gasteiger partial charge in [-0.15, -0.1) is 0 Å². The maximum absolute atomic E-state index is 12.2. The first-order valence-corrected chi connectivity index (χ1v) is 10.2. The fraction of sp³-hybridized carbons (Fsp3) is 0.158. The lowest BCUT2D eigenvalue weighted by Gasteiger charge is -2.14. The SMILES string of the molecule is CON(C)S(=O)(=O)c1ccc(NC(=O)COc2ccc(Cl)c3cccnc23)cc1. The maximum atomic E-state index is 12.2. The molecule has 0 aliphatic heterocycles. The third kappa shape index (κ3) is 4.65. The van der Waals surface area contributed by atoms with Gasteiger partial charge in [0.05, 0.1) is 17.0 Å². The Morgan fingerprint density at radius 2 is 1.90 bits per heavy atom. The Kier molecular flexibility index (Phi) is 6.33. The van der Waals surface area contributed by atoms with Gasteiger partial charge in [0.1, 0.15) is 11.3 Å². The van der Waals surface area contributed by atoms with Crippen molar-refractivity contribution in [3.05, 3.63) is 59.8 Å².